The SMILES string of the molecule is CCCCCNC(=O)[C@H](Cc1ccc(OCC(=O)O)c(C(=O)O)c1)NC(=O)[C@H](Cc1ccccc1)NC(=O)Cc1ccc(O)cc1. The topological polar surface area (TPSA) is 191 Å². The third-order valence-corrected chi connectivity index (χ3v) is 7.01. The van der Waals surface area contributed by atoms with Crippen molar-refractivity contribution in [1.29, 1.82) is 0 Å². The number of hydrogen-bond donors (Lipinski definition) is 6. The lowest BCUT2D eigenvalue weighted by Gasteiger charge is -2.24. The number of ether oxygens (including phenoxy) is 1. The smallest absolute Gasteiger partial charge is 0.341 e. The molecule has 0 unspecified atom stereocenters. The first-order chi connectivity index (χ1) is 22.0. The second-order valence-corrected chi connectivity index (χ2v) is 10.7. The molecule has 0 radical (unpaired) electrons. The van der Waals surface area contributed by atoms with E-state index in [9.17, 15) is 34.2 Å². The van der Waals surface area contributed by atoms with Crippen LogP contribution in [0.3, 0.4) is 0 Å². The molecule has 0 aliphatic rings. The third kappa shape index (κ3) is 11.6. The molecule has 0 aliphatic carbocycles. The Morgan fingerprint density at radius 1 is 0.761 bits per heavy atom. The van der Waals surface area contributed by atoms with Gasteiger partial charge in [0.2, 0.25) is 17.7 Å². The van der Waals surface area contributed by atoms with E-state index in [-0.39, 0.29) is 36.3 Å². The van der Waals surface area contributed by atoms with E-state index < -0.39 is 48.4 Å². The summed E-state index contributed by atoms with van der Waals surface area (Å²) >= 11 is 0. The fourth-order valence-corrected chi connectivity index (χ4v) is 4.67. The van der Waals surface area contributed by atoms with Crippen LogP contribution in [0.4, 0.5) is 0 Å². The Morgan fingerprint density at radius 3 is 2.07 bits per heavy atom. The van der Waals surface area contributed by atoms with Gasteiger partial charge in [0.1, 0.15) is 29.1 Å². The van der Waals surface area contributed by atoms with Gasteiger partial charge >= 0.3 is 11.9 Å². The molecule has 0 fully saturated rings. The number of rotatable bonds is 18. The number of hydrogen-bond acceptors (Lipinski definition) is 7. The lowest BCUT2D eigenvalue weighted by Crippen LogP contribution is -2.55. The predicted octanol–water partition coefficient (Wildman–Crippen LogP) is 2.86. The van der Waals surface area contributed by atoms with Crippen LogP contribution < -0.4 is 20.7 Å². The van der Waals surface area contributed by atoms with Crippen molar-refractivity contribution in [3.8, 4) is 11.5 Å². The van der Waals surface area contributed by atoms with Gasteiger partial charge in [0, 0.05) is 19.4 Å². The van der Waals surface area contributed by atoms with E-state index in [1.807, 2.05) is 25.1 Å². The highest BCUT2D eigenvalue weighted by atomic mass is 16.5. The molecular formula is C34H39N3O9. The summed E-state index contributed by atoms with van der Waals surface area (Å²) in [5.41, 5.74) is 1.49. The number of nitrogens with one attached hydrogen (secondary N) is 3. The summed E-state index contributed by atoms with van der Waals surface area (Å²) in [5.74, 6) is -4.26. The Bertz CT molecular complexity index is 1490. The average Bonchev–Trinajstić information content (AvgIpc) is 3.03. The lowest BCUT2D eigenvalue weighted by molar-refractivity contribution is -0.139. The predicted molar refractivity (Wildman–Crippen MR) is 169 cm³/mol. The van der Waals surface area contributed by atoms with Gasteiger partial charge in [-0.2, -0.15) is 0 Å². The first-order valence-electron chi connectivity index (χ1n) is 15.0. The van der Waals surface area contributed by atoms with E-state index in [0.29, 0.717) is 17.7 Å². The minimum absolute atomic E-state index is 0.0472. The molecule has 0 saturated heterocycles. The molecule has 3 aromatic rings. The maximum Gasteiger partial charge on any atom is 0.341 e. The zero-order valence-corrected chi connectivity index (χ0v) is 25.5. The Kier molecular flexibility index (Phi) is 13.6. The summed E-state index contributed by atoms with van der Waals surface area (Å²) in [4.78, 5) is 62.9. The van der Waals surface area contributed by atoms with Crippen molar-refractivity contribution in [1.82, 2.24) is 16.0 Å². The molecule has 0 saturated carbocycles. The number of carbonyl (C=O) groups excluding carboxylic acids is 3. The molecule has 0 spiro atoms. The van der Waals surface area contributed by atoms with E-state index in [2.05, 4.69) is 16.0 Å². The largest absolute Gasteiger partial charge is 0.508 e. The Balaban J connectivity index is 1.85. The number of aromatic hydroxyl groups is 1. The first kappa shape index (κ1) is 35.1. The second kappa shape index (κ2) is 17.8. The van der Waals surface area contributed by atoms with Gasteiger partial charge in [-0.25, -0.2) is 9.59 Å². The van der Waals surface area contributed by atoms with Gasteiger partial charge in [0.05, 0.1) is 6.42 Å². The highest BCUT2D eigenvalue weighted by Gasteiger charge is 2.28. The summed E-state index contributed by atoms with van der Waals surface area (Å²) in [6.45, 7) is 1.66. The number of amides is 3. The number of benzene rings is 3. The normalized spacial score (nSPS) is 11.9. The van der Waals surface area contributed by atoms with Crippen molar-refractivity contribution in [2.75, 3.05) is 13.2 Å². The minimum atomic E-state index is -1.36. The van der Waals surface area contributed by atoms with Gasteiger partial charge in [0.25, 0.3) is 0 Å². The number of aliphatic carboxylic acids is 1. The van der Waals surface area contributed by atoms with Crippen LogP contribution >= 0.6 is 0 Å². The molecule has 0 bridgehead atoms. The molecule has 46 heavy (non-hydrogen) atoms. The summed E-state index contributed by atoms with van der Waals surface area (Å²) in [6.07, 6.45) is 2.56. The molecule has 0 aromatic heterocycles. The number of phenols is 1. The molecule has 244 valence electrons. The van der Waals surface area contributed by atoms with E-state index >= 15 is 0 Å². The van der Waals surface area contributed by atoms with Crippen LogP contribution in [0.5, 0.6) is 11.5 Å². The molecule has 12 nitrogen and oxygen atoms in total. The van der Waals surface area contributed by atoms with Crippen LogP contribution in [-0.2, 0) is 38.4 Å². The van der Waals surface area contributed by atoms with Crippen LogP contribution in [0.15, 0.2) is 72.8 Å². The highest BCUT2D eigenvalue weighted by molar-refractivity contribution is 5.93. The number of carboxylic acids is 2. The van der Waals surface area contributed by atoms with Gasteiger partial charge in [-0.05, 0) is 47.4 Å². The quantitative estimate of drug-likeness (QED) is 0.114. The molecule has 3 aromatic carbocycles. The number of aromatic carboxylic acids is 1. The lowest BCUT2D eigenvalue weighted by atomic mass is 10.00. The van der Waals surface area contributed by atoms with Crippen molar-refractivity contribution in [3.05, 3.63) is 95.1 Å². The van der Waals surface area contributed by atoms with Crippen molar-refractivity contribution < 1.29 is 44.0 Å². The first-order valence-corrected chi connectivity index (χ1v) is 15.0. The molecule has 3 amide bonds. The van der Waals surface area contributed by atoms with Crippen molar-refractivity contribution in [2.24, 2.45) is 0 Å². The number of carbonyl (C=O) groups is 5. The number of phenolic OH excluding ortho intramolecular Hbond substituents is 1. The molecular weight excluding hydrogens is 594 g/mol. The van der Waals surface area contributed by atoms with Gasteiger partial charge in [-0.1, -0.05) is 68.3 Å². The summed E-state index contributed by atoms with van der Waals surface area (Å²) < 4.78 is 5.10. The van der Waals surface area contributed by atoms with Crippen LogP contribution in [-0.4, -0.2) is 70.2 Å². The zero-order valence-electron chi connectivity index (χ0n) is 25.5. The number of unbranched alkanes of at least 4 members (excludes halogenated alkanes) is 2. The average molecular weight is 634 g/mol. The van der Waals surface area contributed by atoms with Crippen LogP contribution in [0.25, 0.3) is 0 Å². The van der Waals surface area contributed by atoms with Crippen molar-refractivity contribution in [2.45, 2.75) is 57.5 Å². The van der Waals surface area contributed by atoms with Gasteiger partial charge in [-0.15, -0.1) is 0 Å². The van der Waals surface area contributed by atoms with Gasteiger partial charge < -0.3 is 36.0 Å². The monoisotopic (exact) mass is 633 g/mol. The highest BCUT2D eigenvalue weighted by Crippen LogP contribution is 2.22. The van der Waals surface area contributed by atoms with Crippen LogP contribution in [0, 0.1) is 0 Å². The second-order valence-electron chi connectivity index (χ2n) is 10.7. The molecule has 2 atom stereocenters. The van der Waals surface area contributed by atoms with Gasteiger partial charge in [0.15, 0.2) is 6.61 Å². The Hall–Kier alpha value is -5.39. The summed E-state index contributed by atoms with van der Waals surface area (Å²) in [7, 11) is 0. The van der Waals surface area contributed by atoms with Crippen molar-refractivity contribution >= 4 is 29.7 Å². The van der Waals surface area contributed by atoms with Gasteiger partial charge in [-0.3, -0.25) is 14.4 Å². The molecule has 6 N–H and O–H groups in total. The van der Waals surface area contributed by atoms with Crippen LogP contribution in [0.1, 0.15) is 53.2 Å². The van der Waals surface area contributed by atoms with E-state index in [0.717, 1.165) is 24.8 Å². The molecule has 3 rings (SSSR count). The van der Waals surface area contributed by atoms with Crippen molar-refractivity contribution in [3.63, 3.8) is 0 Å². The Morgan fingerprint density at radius 2 is 1.41 bits per heavy atom. The van der Waals surface area contributed by atoms with E-state index in [4.69, 9.17) is 9.84 Å². The maximum atomic E-state index is 13.7. The zero-order chi connectivity index (χ0) is 33.5. The molecule has 0 aliphatic heterocycles. The van der Waals surface area contributed by atoms with Crippen LogP contribution in [0.2, 0.25) is 0 Å². The van der Waals surface area contributed by atoms with E-state index in [1.54, 1.807) is 24.3 Å². The Labute approximate surface area is 266 Å². The fourth-order valence-electron chi connectivity index (χ4n) is 4.67. The standard InChI is InChI=1S/C34H39N3O9/c1-2-3-7-16-35-32(42)27(19-24-12-15-29(46-21-31(40)41)26(17-24)34(44)45)37-33(43)28(18-22-8-5-4-6-9-22)36-30(39)20-23-10-13-25(38)14-11-23/h4-6,8-15,17,27-28,38H,2-3,7,16,18-21H2,1H3,(H,35,42)(H,36,39)(H,37,43)(H,40,41)(H,44,45)/t27-,28-/m0/s1. The minimum Gasteiger partial charge on any atom is -0.508 e. The third-order valence-electron chi connectivity index (χ3n) is 7.01. The van der Waals surface area contributed by atoms with E-state index in [1.165, 1.54) is 30.3 Å². The fraction of sp³-hybridized carbons (Fsp3) is 0.324. The molecule has 12 heteroatoms. The molecule has 0 heterocycles. The number of carboxylic acid groups (broad SMARTS) is 2. The maximum absolute atomic E-state index is 13.7. The summed E-state index contributed by atoms with van der Waals surface area (Å²) in [5, 5.41) is 36.5. The summed E-state index contributed by atoms with van der Waals surface area (Å²) in [6, 6.07) is 17.1.